The van der Waals surface area contributed by atoms with Gasteiger partial charge in [0.25, 0.3) is 0 Å². The van der Waals surface area contributed by atoms with E-state index in [4.69, 9.17) is 0 Å². The summed E-state index contributed by atoms with van der Waals surface area (Å²) in [5.74, 6) is 0. The third-order valence-corrected chi connectivity index (χ3v) is 1.35. The van der Waals surface area contributed by atoms with Gasteiger partial charge < -0.3 is 5.32 Å². The standard InChI is InChI=1S/C5H9F2N/c6-2-5-1-4(7)3-8-5/h4-5,8H,1-3H2/t4-,5+/m0/s1. The second kappa shape index (κ2) is 2.40. The maximum Gasteiger partial charge on any atom is 0.114 e. The lowest BCUT2D eigenvalue weighted by Gasteiger charge is -1.99. The average molecular weight is 121 g/mol. The SMILES string of the molecule is FC[C@H]1C[C@H](F)CN1. The smallest absolute Gasteiger partial charge is 0.114 e. The second-order valence-electron chi connectivity index (χ2n) is 2.09. The highest BCUT2D eigenvalue weighted by Crippen LogP contribution is 2.09. The van der Waals surface area contributed by atoms with Gasteiger partial charge in [0, 0.05) is 12.6 Å². The van der Waals surface area contributed by atoms with E-state index in [2.05, 4.69) is 5.32 Å². The summed E-state index contributed by atoms with van der Waals surface area (Å²) in [6.45, 7) is -0.116. The van der Waals surface area contributed by atoms with Gasteiger partial charge in [-0.2, -0.15) is 0 Å². The summed E-state index contributed by atoms with van der Waals surface area (Å²) in [4.78, 5) is 0. The molecule has 0 aromatic carbocycles. The van der Waals surface area contributed by atoms with E-state index in [0.717, 1.165) is 0 Å². The Hall–Kier alpha value is -0.180. The minimum absolute atomic E-state index is 0.218. The topological polar surface area (TPSA) is 12.0 Å². The lowest BCUT2D eigenvalue weighted by atomic mass is 10.2. The van der Waals surface area contributed by atoms with Crippen molar-refractivity contribution in [1.29, 1.82) is 0 Å². The molecule has 1 nitrogen and oxygen atoms in total. The number of hydrogen-bond donors (Lipinski definition) is 1. The van der Waals surface area contributed by atoms with E-state index in [1.807, 2.05) is 0 Å². The summed E-state index contributed by atoms with van der Waals surface area (Å²) in [7, 11) is 0. The zero-order chi connectivity index (χ0) is 5.98. The predicted molar refractivity (Wildman–Crippen MR) is 27.3 cm³/mol. The van der Waals surface area contributed by atoms with E-state index in [-0.39, 0.29) is 6.04 Å². The highest BCUT2D eigenvalue weighted by molar-refractivity contribution is 4.80. The van der Waals surface area contributed by atoms with Crippen LogP contribution in [-0.4, -0.2) is 25.4 Å². The molecule has 8 heavy (non-hydrogen) atoms. The molecule has 1 fully saturated rings. The van der Waals surface area contributed by atoms with Crippen molar-refractivity contribution in [2.45, 2.75) is 18.6 Å². The molecule has 1 saturated heterocycles. The third-order valence-electron chi connectivity index (χ3n) is 1.35. The maximum absolute atomic E-state index is 12.1. The van der Waals surface area contributed by atoms with Gasteiger partial charge in [0.1, 0.15) is 12.8 Å². The van der Waals surface area contributed by atoms with Crippen molar-refractivity contribution in [3.63, 3.8) is 0 Å². The van der Waals surface area contributed by atoms with Crippen LogP contribution >= 0.6 is 0 Å². The van der Waals surface area contributed by atoms with Gasteiger partial charge >= 0.3 is 0 Å². The number of halogens is 2. The van der Waals surface area contributed by atoms with Crippen LogP contribution < -0.4 is 5.32 Å². The molecule has 0 amide bonds. The first kappa shape index (κ1) is 5.95. The molecule has 0 aromatic heterocycles. The normalized spacial score (nSPS) is 38.2. The molecular formula is C5H9F2N. The molecule has 48 valence electrons. The highest BCUT2D eigenvalue weighted by Gasteiger charge is 2.22. The molecule has 1 aliphatic heterocycles. The summed E-state index contributed by atoms with van der Waals surface area (Å²) in [5, 5.41) is 2.71. The van der Waals surface area contributed by atoms with Crippen LogP contribution in [0.15, 0.2) is 0 Å². The van der Waals surface area contributed by atoms with Crippen LogP contribution in [0.3, 0.4) is 0 Å². The van der Waals surface area contributed by atoms with E-state index >= 15 is 0 Å². The van der Waals surface area contributed by atoms with Crippen molar-refractivity contribution in [1.82, 2.24) is 5.32 Å². The van der Waals surface area contributed by atoms with Crippen LogP contribution in [0, 0.1) is 0 Å². The Kier molecular flexibility index (Phi) is 1.78. The van der Waals surface area contributed by atoms with Crippen LogP contribution in [0.2, 0.25) is 0 Å². The summed E-state index contributed by atoms with van der Waals surface area (Å²) in [5.41, 5.74) is 0. The Morgan fingerprint density at radius 2 is 2.38 bits per heavy atom. The second-order valence-corrected chi connectivity index (χ2v) is 2.09. The van der Waals surface area contributed by atoms with Gasteiger partial charge in [0.05, 0.1) is 0 Å². The van der Waals surface area contributed by atoms with Gasteiger partial charge in [-0.25, -0.2) is 8.78 Å². The van der Waals surface area contributed by atoms with Crippen LogP contribution in [-0.2, 0) is 0 Å². The summed E-state index contributed by atoms with van der Waals surface area (Å²) in [6, 6.07) is -0.218. The molecule has 1 heterocycles. The van der Waals surface area contributed by atoms with Crippen LogP contribution in [0.5, 0.6) is 0 Å². The fraction of sp³-hybridized carbons (Fsp3) is 1.00. The molecule has 0 bridgehead atoms. The van der Waals surface area contributed by atoms with E-state index in [9.17, 15) is 8.78 Å². The molecule has 0 saturated carbocycles. The molecule has 0 aliphatic carbocycles. The lowest BCUT2D eigenvalue weighted by Crippen LogP contribution is -2.22. The van der Waals surface area contributed by atoms with Crippen molar-refractivity contribution < 1.29 is 8.78 Å². The molecule has 1 aliphatic rings. The Morgan fingerprint density at radius 1 is 1.62 bits per heavy atom. The summed E-state index contributed by atoms with van der Waals surface area (Å²) in [6.07, 6.45) is -0.480. The maximum atomic E-state index is 12.1. The molecule has 0 radical (unpaired) electrons. The fourth-order valence-electron chi connectivity index (χ4n) is 0.887. The lowest BCUT2D eigenvalue weighted by molar-refractivity contribution is 0.341. The van der Waals surface area contributed by atoms with E-state index in [0.29, 0.717) is 13.0 Å². The first-order valence-corrected chi connectivity index (χ1v) is 2.76. The number of hydrogen-bond acceptors (Lipinski definition) is 1. The Bertz CT molecular complexity index is 76.8. The predicted octanol–water partition coefficient (Wildman–Crippen LogP) is 0.656. The highest BCUT2D eigenvalue weighted by atomic mass is 19.1. The summed E-state index contributed by atoms with van der Waals surface area (Å²) < 4.78 is 23.8. The van der Waals surface area contributed by atoms with Gasteiger partial charge in [0.15, 0.2) is 0 Å². The minimum atomic E-state index is -0.823. The number of nitrogens with one attached hydrogen (secondary N) is 1. The van der Waals surface area contributed by atoms with Crippen molar-refractivity contribution in [3.8, 4) is 0 Å². The Balaban J connectivity index is 2.22. The number of rotatable bonds is 1. The van der Waals surface area contributed by atoms with Crippen LogP contribution in [0.4, 0.5) is 8.78 Å². The zero-order valence-electron chi connectivity index (χ0n) is 4.53. The monoisotopic (exact) mass is 121 g/mol. The van der Waals surface area contributed by atoms with Crippen LogP contribution in [0.1, 0.15) is 6.42 Å². The molecule has 1 rings (SSSR count). The number of alkyl halides is 2. The van der Waals surface area contributed by atoms with Crippen molar-refractivity contribution in [2.75, 3.05) is 13.2 Å². The molecule has 3 heteroatoms. The minimum Gasteiger partial charge on any atom is -0.308 e. The third kappa shape index (κ3) is 1.15. The molecule has 0 unspecified atom stereocenters. The quantitative estimate of drug-likeness (QED) is 0.537. The van der Waals surface area contributed by atoms with Gasteiger partial charge in [0.2, 0.25) is 0 Å². The summed E-state index contributed by atoms with van der Waals surface area (Å²) >= 11 is 0. The van der Waals surface area contributed by atoms with Crippen molar-refractivity contribution in [2.24, 2.45) is 0 Å². The van der Waals surface area contributed by atoms with E-state index in [1.165, 1.54) is 0 Å². The van der Waals surface area contributed by atoms with Crippen molar-refractivity contribution in [3.05, 3.63) is 0 Å². The van der Waals surface area contributed by atoms with Gasteiger partial charge in [-0.3, -0.25) is 0 Å². The van der Waals surface area contributed by atoms with Gasteiger partial charge in [-0.05, 0) is 6.42 Å². The first-order chi connectivity index (χ1) is 3.83. The molecular weight excluding hydrogens is 112 g/mol. The molecule has 0 aromatic rings. The van der Waals surface area contributed by atoms with E-state index < -0.39 is 12.8 Å². The average Bonchev–Trinajstić information content (AvgIpc) is 2.14. The fourth-order valence-corrected chi connectivity index (χ4v) is 0.887. The largest absolute Gasteiger partial charge is 0.308 e. The van der Waals surface area contributed by atoms with Gasteiger partial charge in [-0.1, -0.05) is 0 Å². The first-order valence-electron chi connectivity index (χ1n) is 2.76. The Morgan fingerprint density at radius 3 is 2.62 bits per heavy atom. The Labute approximate surface area is 47.1 Å². The zero-order valence-corrected chi connectivity index (χ0v) is 4.53. The van der Waals surface area contributed by atoms with Crippen molar-refractivity contribution >= 4 is 0 Å². The molecule has 0 spiro atoms. The van der Waals surface area contributed by atoms with Crippen LogP contribution in [0.25, 0.3) is 0 Å². The molecule has 2 atom stereocenters. The molecule has 1 N–H and O–H groups in total. The van der Waals surface area contributed by atoms with E-state index in [1.54, 1.807) is 0 Å². The van der Waals surface area contributed by atoms with Gasteiger partial charge in [-0.15, -0.1) is 0 Å².